The normalized spacial score (nSPS) is 33.7. The summed E-state index contributed by atoms with van der Waals surface area (Å²) in [5, 5.41) is 3.15. The minimum Gasteiger partial charge on any atom is -0.350 e. The Hall–Kier alpha value is -1.50. The monoisotopic (exact) mass is 320 g/mol. The summed E-state index contributed by atoms with van der Waals surface area (Å²) in [6, 6.07) is -0.182. The van der Waals surface area contributed by atoms with Gasteiger partial charge in [0.25, 0.3) is 0 Å². The molecular weight excluding hydrogens is 300 g/mol. The molecule has 0 aliphatic carbocycles. The van der Waals surface area contributed by atoms with Crippen molar-refractivity contribution in [3.63, 3.8) is 0 Å². The van der Waals surface area contributed by atoms with Crippen molar-refractivity contribution in [1.82, 2.24) is 19.8 Å². The Morgan fingerprint density at radius 1 is 1.50 bits per heavy atom. The molecule has 3 atom stereocenters. The molecule has 1 aromatic rings. The van der Waals surface area contributed by atoms with E-state index in [0.717, 1.165) is 31.6 Å². The fourth-order valence-electron chi connectivity index (χ4n) is 3.80. The zero-order valence-corrected chi connectivity index (χ0v) is 13.4. The first-order valence-corrected chi connectivity index (χ1v) is 8.82. The molecule has 0 unspecified atom stereocenters. The topological polar surface area (TPSA) is 67.2 Å². The number of carbonyl (C=O) groups is 2. The maximum Gasteiger partial charge on any atom is 0.243 e. The van der Waals surface area contributed by atoms with Gasteiger partial charge in [0, 0.05) is 43.6 Å². The van der Waals surface area contributed by atoms with Crippen LogP contribution < -0.4 is 5.32 Å². The number of carbonyl (C=O) groups excluding carboxylic acids is 2. The molecule has 22 heavy (non-hydrogen) atoms. The first-order chi connectivity index (χ1) is 10.6. The molecular formula is C15H20N4O2S. The molecule has 3 aliphatic rings. The maximum absolute atomic E-state index is 12.7. The molecule has 0 aromatic carbocycles. The molecule has 0 bridgehead atoms. The van der Waals surface area contributed by atoms with Crippen LogP contribution >= 0.6 is 11.8 Å². The molecule has 2 amide bonds. The van der Waals surface area contributed by atoms with Crippen molar-refractivity contribution >= 4 is 23.6 Å². The quantitative estimate of drug-likeness (QED) is 0.874. The standard InChI is InChI=1S/C15H20N4O2S/c1-15-5-4-13(20)19(15)11(9-22-15)14(21)17-10-2-3-12-16-6-7-18(12)8-10/h6-7,10-11H,2-5,8-9H2,1H3,(H,17,21)/t10-,11+,15+/m1/s1. The predicted molar refractivity (Wildman–Crippen MR) is 83.2 cm³/mol. The van der Waals surface area contributed by atoms with E-state index in [0.29, 0.717) is 12.2 Å². The zero-order valence-electron chi connectivity index (χ0n) is 12.6. The van der Waals surface area contributed by atoms with Crippen LogP contribution in [0.2, 0.25) is 0 Å². The summed E-state index contributed by atoms with van der Waals surface area (Å²) in [6.07, 6.45) is 6.98. The van der Waals surface area contributed by atoms with Crippen LogP contribution in [0.25, 0.3) is 0 Å². The molecule has 118 valence electrons. The Kier molecular flexibility index (Phi) is 3.21. The number of hydrogen-bond acceptors (Lipinski definition) is 4. The van der Waals surface area contributed by atoms with Gasteiger partial charge in [-0.05, 0) is 19.8 Å². The van der Waals surface area contributed by atoms with E-state index in [1.54, 1.807) is 11.8 Å². The fourth-order valence-corrected chi connectivity index (χ4v) is 5.23. The molecule has 0 saturated carbocycles. The van der Waals surface area contributed by atoms with Crippen LogP contribution in [0.1, 0.15) is 32.0 Å². The lowest BCUT2D eigenvalue weighted by Gasteiger charge is -2.31. The van der Waals surface area contributed by atoms with Crippen LogP contribution in [0.3, 0.4) is 0 Å². The first kappa shape index (κ1) is 14.1. The van der Waals surface area contributed by atoms with Gasteiger partial charge >= 0.3 is 0 Å². The highest BCUT2D eigenvalue weighted by molar-refractivity contribution is 8.01. The van der Waals surface area contributed by atoms with Crippen LogP contribution in [0.4, 0.5) is 0 Å². The number of amides is 2. The lowest BCUT2D eigenvalue weighted by atomic mass is 10.1. The van der Waals surface area contributed by atoms with E-state index in [2.05, 4.69) is 21.8 Å². The van der Waals surface area contributed by atoms with Crippen molar-refractivity contribution in [3.8, 4) is 0 Å². The Morgan fingerprint density at radius 2 is 2.36 bits per heavy atom. The third-order valence-corrected chi connectivity index (χ3v) is 6.53. The zero-order chi connectivity index (χ0) is 15.3. The van der Waals surface area contributed by atoms with Gasteiger partial charge in [-0.3, -0.25) is 9.59 Å². The van der Waals surface area contributed by atoms with Crippen molar-refractivity contribution in [2.45, 2.75) is 56.1 Å². The molecule has 6 nitrogen and oxygen atoms in total. The maximum atomic E-state index is 12.7. The van der Waals surface area contributed by atoms with Gasteiger partial charge in [-0.2, -0.15) is 0 Å². The third-order valence-electron chi connectivity index (χ3n) is 5.03. The number of thioether (sulfide) groups is 1. The average Bonchev–Trinajstić information content (AvgIpc) is 3.15. The van der Waals surface area contributed by atoms with Gasteiger partial charge in [-0.1, -0.05) is 0 Å². The number of nitrogens with zero attached hydrogens (tertiary/aromatic N) is 3. The van der Waals surface area contributed by atoms with E-state index >= 15 is 0 Å². The second-order valence-electron chi connectivity index (χ2n) is 6.51. The average molecular weight is 320 g/mol. The third kappa shape index (κ3) is 2.14. The minimum atomic E-state index is -0.311. The van der Waals surface area contributed by atoms with Crippen LogP contribution in [-0.4, -0.2) is 49.0 Å². The molecule has 3 aliphatic heterocycles. The summed E-state index contributed by atoms with van der Waals surface area (Å²) in [4.78, 5) is 30.7. The summed E-state index contributed by atoms with van der Waals surface area (Å²) in [5.74, 6) is 1.91. The second-order valence-corrected chi connectivity index (χ2v) is 8.01. The molecule has 7 heteroatoms. The number of aromatic nitrogens is 2. The van der Waals surface area contributed by atoms with Crippen molar-refractivity contribution in [3.05, 3.63) is 18.2 Å². The Labute approximate surface area is 133 Å². The molecule has 4 rings (SSSR count). The van der Waals surface area contributed by atoms with E-state index in [-0.39, 0.29) is 28.8 Å². The second kappa shape index (κ2) is 5.01. The Morgan fingerprint density at radius 3 is 3.23 bits per heavy atom. The molecule has 2 fully saturated rings. The first-order valence-electron chi connectivity index (χ1n) is 7.83. The molecule has 1 N–H and O–H groups in total. The van der Waals surface area contributed by atoms with E-state index in [1.807, 2.05) is 17.3 Å². The fraction of sp³-hybridized carbons (Fsp3) is 0.667. The number of fused-ring (bicyclic) bond motifs is 2. The highest BCUT2D eigenvalue weighted by Gasteiger charge is 2.53. The van der Waals surface area contributed by atoms with Crippen molar-refractivity contribution in [2.75, 3.05) is 5.75 Å². The molecule has 0 radical (unpaired) electrons. The Balaban J connectivity index is 1.44. The van der Waals surface area contributed by atoms with Crippen molar-refractivity contribution in [1.29, 1.82) is 0 Å². The van der Waals surface area contributed by atoms with Crippen LogP contribution in [0.5, 0.6) is 0 Å². The van der Waals surface area contributed by atoms with Gasteiger partial charge in [0.15, 0.2) is 0 Å². The Bertz CT molecular complexity index is 631. The van der Waals surface area contributed by atoms with Gasteiger partial charge in [-0.25, -0.2) is 4.98 Å². The summed E-state index contributed by atoms with van der Waals surface area (Å²) >= 11 is 1.74. The lowest BCUT2D eigenvalue weighted by Crippen LogP contribution is -2.53. The summed E-state index contributed by atoms with van der Waals surface area (Å²) in [7, 11) is 0. The van der Waals surface area contributed by atoms with Crippen LogP contribution in [0.15, 0.2) is 12.4 Å². The molecule has 1 aromatic heterocycles. The SMILES string of the molecule is C[C@]12CCC(=O)N1[C@H](C(=O)N[C@@H]1CCc3nccn3C1)CS2. The lowest BCUT2D eigenvalue weighted by molar-refractivity contribution is -0.138. The minimum absolute atomic E-state index is 0.0000373. The van der Waals surface area contributed by atoms with Gasteiger partial charge in [0.05, 0.1) is 4.87 Å². The summed E-state index contributed by atoms with van der Waals surface area (Å²) in [6.45, 7) is 2.85. The number of rotatable bonds is 2. The van der Waals surface area contributed by atoms with E-state index < -0.39 is 0 Å². The number of imidazole rings is 1. The van der Waals surface area contributed by atoms with E-state index in [4.69, 9.17) is 0 Å². The van der Waals surface area contributed by atoms with Crippen LogP contribution in [0, 0.1) is 0 Å². The number of hydrogen-bond donors (Lipinski definition) is 1. The predicted octanol–water partition coefficient (Wildman–Crippen LogP) is 0.768. The van der Waals surface area contributed by atoms with Crippen molar-refractivity contribution in [2.24, 2.45) is 0 Å². The van der Waals surface area contributed by atoms with Crippen molar-refractivity contribution < 1.29 is 9.59 Å². The van der Waals surface area contributed by atoms with E-state index in [1.165, 1.54) is 0 Å². The summed E-state index contributed by atoms with van der Waals surface area (Å²) in [5.41, 5.74) is 0. The highest BCUT2D eigenvalue weighted by Crippen LogP contribution is 2.47. The van der Waals surface area contributed by atoms with Gasteiger partial charge in [-0.15, -0.1) is 11.8 Å². The smallest absolute Gasteiger partial charge is 0.243 e. The number of aryl methyl sites for hydroxylation is 1. The molecule has 2 saturated heterocycles. The van der Waals surface area contributed by atoms with E-state index in [9.17, 15) is 9.59 Å². The largest absolute Gasteiger partial charge is 0.350 e. The number of nitrogens with one attached hydrogen (secondary N) is 1. The van der Waals surface area contributed by atoms with Gasteiger partial charge in [0.2, 0.25) is 11.8 Å². The summed E-state index contributed by atoms with van der Waals surface area (Å²) < 4.78 is 2.10. The highest BCUT2D eigenvalue weighted by atomic mass is 32.2. The molecule has 0 spiro atoms. The van der Waals surface area contributed by atoms with Gasteiger partial charge in [0.1, 0.15) is 11.9 Å². The van der Waals surface area contributed by atoms with Gasteiger partial charge < -0.3 is 14.8 Å². The van der Waals surface area contributed by atoms with Crippen LogP contribution in [-0.2, 0) is 22.6 Å². The molecule has 4 heterocycles.